The van der Waals surface area contributed by atoms with Crippen molar-refractivity contribution in [3.8, 4) is 0 Å². The van der Waals surface area contributed by atoms with Gasteiger partial charge in [-0.25, -0.2) is 0 Å². The summed E-state index contributed by atoms with van der Waals surface area (Å²) < 4.78 is 25.6. The van der Waals surface area contributed by atoms with Crippen LogP contribution in [0.2, 0.25) is 0 Å². The zero-order valence-corrected chi connectivity index (χ0v) is 13.5. The fourth-order valence-electron chi connectivity index (χ4n) is 0. The molecule has 28 valence electrons. The Labute approximate surface area is 135 Å². The Morgan fingerprint density at radius 2 is 1.29 bits per heavy atom. The molecule has 0 atom stereocenters. The first-order chi connectivity index (χ1) is 1.73. The molecule has 0 heterocycles. The molecule has 0 aliphatic rings. The van der Waals surface area contributed by atoms with Crippen LogP contribution in [0.1, 0.15) is 1.43 Å². The van der Waals surface area contributed by atoms with Crippen LogP contribution in [0.25, 0.3) is 0 Å². The van der Waals surface area contributed by atoms with Crippen molar-refractivity contribution in [2.45, 2.75) is 0 Å². The zero-order valence-electron chi connectivity index (χ0n) is 5.63. The van der Waals surface area contributed by atoms with E-state index in [1.54, 1.807) is 0 Å². The molecule has 0 aromatic rings. The third-order valence-electron chi connectivity index (χ3n) is 0. The van der Waals surface area contributed by atoms with E-state index in [-0.39, 0.29) is 112 Å². The summed E-state index contributed by atoms with van der Waals surface area (Å²) in [5.41, 5.74) is 0. The molecular formula is HKNa2O3Se. The molecular weight excluding hydrogens is 212 g/mol. The topological polar surface area (TPSA) is 63.2 Å². The predicted molar refractivity (Wildman–Crippen MR) is 7.55 cm³/mol. The molecule has 0 radical (unpaired) electrons. The van der Waals surface area contributed by atoms with Crippen molar-refractivity contribution in [3.63, 3.8) is 0 Å². The van der Waals surface area contributed by atoms with E-state index in [1.165, 1.54) is 0 Å². The van der Waals surface area contributed by atoms with Gasteiger partial charge in [0, 0.05) is 0 Å². The Balaban J connectivity index is -0.00000000750. The normalized spacial score (nSPS) is 5.00. The largest absolute Gasteiger partial charge is 1.00 e. The van der Waals surface area contributed by atoms with Crippen molar-refractivity contribution in [3.05, 3.63) is 0 Å². The Morgan fingerprint density at radius 3 is 1.29 bits per heavy atom. The van der Waals surface area contributed by atoms with Crippen molar-refractivity contribution in [2.24, 2.45) is 0 Å². The van der Waals surface area contributed by atoms with Crippen molar-refractivity contribution in [2.75, 3.05) is 0 Å². The maximum absolute atomic E-state index is 8.54. The van der Waals surface area contributed by atoms with Gasteiger partial charge in [-0.1, -0.05) is 0 Å². The van der Waals surface area contributed by atoms with Gasteiger partial charge in [-0.2, -0.15) is 0 Å². The average Bonchev–Trinajstić information content (AvgIpc) is 0.811. The van der Waals surface area contributed by atoms with Gasteiger partial charge in [-0.05, 0) is 0 Å². The third kappa shape index (κ3) is 40.8. The molecule has 0 saturated heterocycles. The van der Waals surface area contributed by atoms with E-state index >= 15 is 0 Å². The quantitative estimate of drug-likeness (QED) is 0.375. The smallest absolute Gasteiger partial charge is 1.00 e. The summed E-state index contributed by atoms with van der Waals surface area (Å²) in [6.45, 7) is 0. The van der Waals surface area contributed by atoms with E-state index in [0.29, 0.717) is 0 Å². The molecule has 0 rings (SSSR count). The second-order valence-electron chi connectivity index (χ2n) is 0.204. The number of hydrogen-bond donors (Lipinski definition) is 0. The fourth-order valence-corrected chi connectivity index (χ4v) is 0. The second-order valence-corrected chi connectivity index (χ2v) is 1.06. The SMILES string of the molecule is O=[Se]([O-])[O-].[H-].[K+].[Na+].[Na+]. The first-order valence-corrected chi connectivity index (χ1v) is 2.60. The third-order valence-corrected chi connectivity index (χ3v) is 0. The van der Waals surface area contributed by atoms with Crippen LogP contribution < -0.4 is 119 Å². The van der Waals surface area contributed by atoms with Gasteiger partial charge in [0.2, 0.25) is 0 Å². The second kappa shape index (κ2) is 16.5. The van der Waals surface area contributed by atoms with Crippen LogP contribution in [0.4, 0.5) is 0 Å². The van der Waals surface area contributed by atoms with Crippen LogP contribution in [0.15, 0.2) is 0 Å². The van der Waals surface area contributed by atoms with Gasteiger partial charge in [0.25, 0.3) is 0 Å². The number of hydrogen-bond acceptors (Lipinski definition) is 3. The Bertz CT molecular complexity index is 40.3. The van der Waals surface area contributed by atoms with Crippen molar-refractivity contribution in [1.29, 1.82) is 0 Å². The molecule has 0 N–H and O–H groups in total. The van der Waals surface area contributed by atoms with E-state index in [9.17, 15) is 0 Å². The van der Waals surface area contributed by atoms with Crippen molar-refractivity contribution in [1.82, 2.24) is 0 Å². The molecule has 0 saturated carbocycles. The van der Waals surface area contributed by atoms with Gasteiger partial charge in [0.1, 0.15) is 0 Å². The van der Waals surface area contributed by atoms with Crippen molar-refractivity contribution < 1.29 is 124 Å². The monoisotopic (exact) mass is 214 g/mol. The van der Waals surface area contributed by atoms with Gasteiger partial charge in [0.15, 0.2) is 0 Å². The summed E-state index contributed by atoms with van der Waals surface area (Å²) in [6.07, 6.45) is 0. The summed E-state index contributed by atoms with van der Waals surface area (Å²) in [6, 6.07) is 0. The van der Waals surface area contributed by atoms with Crippen molar-refractivity contribution >= 4 is 14.5 Å². The van der Waals surface area contributed by atoms with E-state index in [2.05, 4.69) is 0 Å². The minimum atomic E-state index is -3.79. The number of rotatable bonds is 0. The summed E-state index contributed by atoms with van der Waals surface area (Å²) in [5, 5.41) is 0. The molecule has 3 nitrogen and oxygen atoms in total. The first-order valence-electron chi connectivity index (χ1n) is 0.500. The van der Waals surface area contributed by atoms with Crippen LogP contribution in [0, 0.1) is 0 Å². The van der Waals surface area contributed by atoms with Gasteiger partial charge in [-0.15, -0.1) is 0 Å². The van der Waals surface area contributed by atoms with E-state index in [0.717, 1.165) is 0 Å². The van der Waals surface area contributed by atoms with Crippen LogP contribution in [-0.4, -0.2) is 14.5 Å². The van der Waals surface area contributed by atoms with Gasteiger partial charge < -0.3 is 1.43 Å². The maximum Gasteiger partial charge on any atom is 1.00 e. The molecule has 0 bridgehead atoms. The molecule has 0 amide bonds. The minimum Gasteiger partial charge on any atom is -1.00 e. The van der Waals surface area contributed by atoms with Gasteiger partial charge in [-0.3, -0.25) is 0 Å². The molecule has 0 spiro atoms. The van der Waals surface area contributed by atoms with E-state index < -0.39 is 14.5 Å². The molecule has 7 heavy (non-hydrogen) atoms. The molecule has 0 aliphatic heterocycles. The molecule has 0 fully saturated rings. The predicted octanol–water partition coefficient (Wildman–Crippen LogP) is -11.8. The molecule has 0 unspecified atom stereocenters. The first kappa shape index (κ1) is 22.4. The Kier molecular flexibility index (Phi) is 52.7. The van der Waals surface area contributed by atoms with Crippen LogP contribution in [0.5, 0.6) is 0 Å². The molecule has 7 heteroatoms. The van der Waals surface area contributed by atoms with Crippen LogP contribution in [0.3, 0.4) is 0 Å². The Hall–Kier alpha value is 3.88. The summed E-state index contributed by atoms with van der Waals surface area (Å²) in [4.78, 5) is 0. The summed E-state index contributed by atoms with van der Waals surface area (Å²) in [7, 11) is 0. The van der Waals surface area contributed by atoms with Gasteiger partial charge >= 0.3 is 137 Å². The molecule has 0 aromatic heterocycles. The summed E-state index contributed by atoms with van der Waals surface area (Å²) >= 11 is -3.79. The Morgan fingerprint density at radius 1 is 1.29 bits per heavy atom. The molecule has 0 aromatic carbocycles. The van der Waals surface area contributed by atoms with Crippen LogP contribution >= 0.6 is 0 Å². The minimum absolute atomic E-state index is 0. The van der Waals surface area contributed by atoms with Gasteiger partial charge in [0.05, 0.1) is 0 Å². The van der Waals surface area contributed by atoms with E-state index in [1.807, 2.05) is 0 Å². The zero-order chi connectivity index (χ0) is 3.58. The summed E-state index contributed by atoms with van der Waals surface area (Å²) in [5.74, 6) is 0. The van der Waals surface area contributed by atoms with Crippen LogP contribution in [-0.2, 0) is 3.83 Å². The molecule has 0 aliphatic carbocycles. The standard InChI is InChI=1S/K.2Na.H2O3Se.H/c;;;1-4(2)3;/h;;;(H2,1,2,3);/q3*+1;;-1/p-2. The maximum atomic E-state index is 8.54. The van der Waals surface area contributed by atoms with E-state index in [4.69, 9.17) is 12.2 Å². The fraction of sp³-hybridized carbons (Fsp3) is 0. The average molecular weight is 213 g/mol.